The molecule has 0 saturated carbocycles. The van der Waals surface area contributed by atoms with E-state index in [1.165, 1.54) is 6.07 Å². The number of anilines is 3. The van der Waals surface area contributed by atoms with Crippen LogP contribution >= 0.6 is 0 Å². The third-order valence-corrected chi connectivity index (χ3v) is 2.23. The van der Waals surface area contributed by atoms with E-state index in [9.17, 15) is 4.39 Å². The molecule has 1 aromatic heterocycles. The van der Waals surface area contributed by atoms with E-state index in [-0.39, 0.29) is 5.82 Å². The maximum absolute atomic E-state index is 13.3. The first kappa shape index (κ1) is 10.4. The summed E-state index contributed by atoms with van der Waals surface area (Å²) in [6.45, 7) is 1.72. The quantitative estimate of drug-likeness (QED) is 0.813. The first-order chi connectivity index (χ1) is 7.65. The topological polar surface area (TPSA) is 50.9 Å². The van der Waals surface area contributed by atoms with E-state index >= 15 is 0 Å². The third kappa shape index (κ3) is 2.28. The number of aryl methyl sites for hydroxylation is 1. The molecule has 1 aromatic carbocycles. The standard InChI is InChI=1S/C12H12FN3/c1-8-2-3-10(7-11(8)13)16-12-6-9(14)4-5-15-12/h2-7H,1H3,(H3,14,15,16). The molecule has 0 saturated heterocycles. The van der Waals surface area contributed by atoms with Gasteiger partial charge < -0.3 is 11.1 Å². The minimum Gasteiger partial charge on any atom is -0.399 e. The van der Waals surface area contributed by atoms with Crippen molar-refractivity contribution in [2.45, 2.75) is 6.92 Å². The van der Waals surface area contributed by atoms with E-state index in [0.717, 1.165) is 0 Å². The van der Waals surface area contributed by atoms with Crippen molar-refractivity contribution in [3.63, 3.8) is 0 Å². The van der Waals surface area contributed by atoms with Gasteiger partial charge in [0.15, 0.2) is 0 Å². The molecule has 0 aliphatic rings. The van der Waals surface area contributed by atoms with Crippen molar-refractivity contribution in [3.05, 3.63) is 47.9 Å². The number of nitrogens with zero attached hydrogens (tertiary/aromatic N) is 1. The van der Waals surface area contributed by atoms with Gasteiger partial charge in [-0.2, -0.15) is 0 Å². The number of benzene rings is 1. The predicted molar refractivity (Wildman–Crippen MR) is 63.1 cm³/mol. The number of halogens is 1. The molecular formula is C12H12FN3. The Labute approximate surface area is 93.1 Å². The summed E-state index contributed by atoms with van der Waals surface area (Å²) < 4.78 is 13.3. The zero-order chi connectivity index (χ0) is 11.5. The number of nitrogen functional groups attached to an aromatic ring is 1. The van der Waals surface area contributed by atoms with E-state index in [2.05, 4.69) is 10.3 Å². The Balaban J connectivity index is 2.24. The van der Waals surface area contributed by atoms with E-state index in [1.54, 1.807) is 37.4 Å². The molecule has 16 heavy (non-hydrogen) atoms. The average Bonchev–Trinajstić information content (AvgIpc) is 2.24. The molecule has 0 bridgehead atoms. The largest absolute Gasteiger partial charge is 0.399 e. The summed E-state index contributed by atoms with van der Waals surface area (Å²) in [5, 5.41) is 2.98. The van der Waals surface area contributed by atoms with E-state index in [4.69, 9.17) is 5.73 Å². The zero-order valence-electron chi connectivity index (χ0n) is 8.87. The summed E-state index contributed by atoms with van der Waals surface area (Å²) in [5.41, 5.74) is 7.50. The number of aromatic nitrogens is 1. The first-order valence-electron chi connectivity index (χ1n) is 4.90. The SMILES string of the molecule is Cc1ccc(Nc2cc(N)ccn2)cc1F. The van der Waals surface area contributed by atoms with Crippen LogP contribution in [0.1, 0.15) is 5.56 Å². The minimum absolute atomic E-state index is 0.242. The second-order valence-electron chi connectivity index (χ2n) is 3.56. The van der Waals surface area contributed by atoms with Crippen LogP contribution in [-0.4, -0.2) is 4.98 Å². The highest BCUT2D eigenvalue weighted by Crippen LogP contribution is 2.18. The number of nitrogens with one attached hydrogen (secondary N) is 1. The molecule has 4 heteroatoms. The van der Waals surface area contributed by atoms with Crippen molar-refractivity contribution in [2.75, 3.05) is 11.1 Å². The Hall–Kier alpha value is -2.10. The lowest BCUT2D eigenvalue weighted by atomic mass is 10.2. The lowest BCUT2D eigenvalue weighted by molar-refractivity contribution is 0.619. The van der Waals surface area contributed by atoms with Gasteiger partial charge in [0.25, 0.3) is 0 Å². The number of rotatable bonds is 2. The molecule has 3 N–H and O–H groups in total. The van der Waals surface area contributed by atoms with E-state index in [1.807, 2.05) is 0 Å². The molecular weight excluding hydrogens is 205 g/mol. The van der Waals surface area contributed by atoms with Gasteiger partial charge in [0.1, 0.15) is 11.6 Å². The van der Waals surface area contributed by atoms with Gasteiger partial charge in [-0.15, -0.1) is 0 Å². The highest BCUT2D eigenvalue weighted by Gasteiger charge is 2.00. The Kier molecular flexibility index (Phi) is 2.72. The Bertz CT molecular complexity index is 511. The van der Waals surface area contributed by atoms with E-state index < -0.39 is 0 Å². The first-order valence-corrected chi connectivity index (χ1v) is 4.90. The molecule has 0 radical (unpaired) electrons. The highest BCUT2D eigenvalue weighted by atomic mass is 19.1. The van der Waals surface area contributed by atoms with Crippen LogP contribution in [0.25, 0.3) is 0 Å². The van der Waals surface area contributed by atoms with Crippen molar-refractivity contribution < 1.29 is 4.39 Å². The monoisotopic (exact) mass is 217 g/mol. The van der Waals surface area contributed by atoms with Crippen molar-refractivity contribution >= 4 is 17.2 Å². The van der Waals surface area contributed by atoms with Gasteiger partial charge in [0.2, 0.25) is 0 Å². The highest BCUT2D eigenvalue weighted by molar-refractivity contribution is 5.59. The Morgan fingerprint density at radius 3 is 2.75 bits per heavy atom. The van der Waals surface area contributed by atoms with Gasteiger partial charge in [0.05, 0.1) is 0 Å². The van der Waals surface area contributed by atoms with Crippen LogP contribution in [0.2, 0.25) is 0 Å². The summed E-state index contributed by atoms with van der Waals surface area (Å²) >= 11 is 0. The fourth-order valence-corrected chi connectivity index (χ4v) is 1.33. The van der Waals surface area contributed by atoms with Gasteiger partial charge >= 0.3 is 0 Å². The smallest absolute Gasteiger partial charge is 0.132 e. The molecule has 2 aromatic rings. The zero-order valence-corrected chi connectivity index (χ0v) is 8.87. The van der Waals surface area contributed by atoms with Gasteiger partial charge in [-0.3, -0.25) is 0 Å². The van der Waals surface area contributed by atoms with Crippen molar-refractivity contribution in [3.8, 4) is 0 Å². The maximum Gasteiger partial charge on any atom is 0.132 e. The van der Waals surface area contributed by atoms with Crippen LogP contribution in [0.5, 0.6) is 0 Å². The molecule has 0 fully saturated rings. The molecule has 0 aliphatic heterocycles. The molecule has 3 nitrogen and oxygen atoms in total. The lowest BCUT2D eigenvalue weighted by Gasteiger charge is -2.06. The van der Waals surface area contributed by atoms with Gasteiger partial charge in [0, 0.05) is 23.6 Å². The summed E-state index contributed by atoms with van der Waals surface area (Å²) in [6.07, 6.45) is 1.60. The molecule has 82 valence electrons. The second-order valence-corrected chi connectivity index (χ2v) is 3.56. The molecule has 0 unspecified atom stereocenters. The number of hydrogen-bond donors (Lipinski definition) is 2. The Morgan fingerprint density at radius 1 is 1.25 bits per heavy atom. The summed E-state index contributed by atoms with van der Waals surface area (Å²) in [6, 6.07) is 8.33. The van der Waals surface area contributed by atoms with E-state index in [0.29, 0.717) is 22.8 Å². The summed E-state index contributed by atoms with van der Waals surface area (Å²) in [5.74, 6) is 0.358. The van der Waals surface area contributed by atoms with Crippen LogP contribution in [0.15, 0.2) is 36.5 Å². The summed E-state index contributed by atoms with van der Waals surface area (Å²) in [7, 11) is 0. The maximum atomic E-state index is 13.3. The fourth-order valence-electron chi connectivity index (χ4n) is 1.33. The Morgan fingerprint density at radius 2 is 2.06 bits per heavy atom. The molecule has 0 aliphatic carbocycles. The van der Waals surface area contributed by atoms with Gasteiger partial charge in [-0.25, -0.2) is 9.37 Å². The molecule has 0 spiro atoms. The lowest BCUT2D eigenvalue weighted by Crippen LogP contribution is -1.96. The summed E-state index contributed by atoms with van der Waals surface area (Å²) in [4.78, 5) is 4.07. The van der Waals surface area contributed by atoms with Crippen LogP contribution in [0, 0.1) is 12.7 Å². The van der Waals surface area contributed by atoms with Crippen LogP contribution in [0.3, 0.4) is 0 Å². The predicted octanol–water partition coefficient (Wildman–Crippen LogP) is 2.85. The third-order valence-electron chi connectivity index (χ3n) is 2.23. The fraction of sp³-hybridized carbons (Fsp3) is 0.0833. The molecule has 0 atom stereocenters. The number of hydrogen-bond acceptors (Lipinski definition) is 3. The molecule has 2 rings (SSSR count). The minimum atomic E-state index is -0.242. The molecule has 0 amide bonds. The van der Waals surface area contributed by atoms with Gasteiger partial charge in [-0.05, 0) is 30.7 Å². The van der Waals surface area contributed by atoms with Crippen molar-refractivity contribution in [1.29, 1.82) is 0 Å². The average molecular weight is 217 g/mol. The normalized spacial score (nSPS) is 10.1. The van der Waals surface area contributed by atoms with Crippen molar-refractivity contribution in [1.82, 2.24) is 4.98 Å². The second kappa shape index (κ2) is 4.18. The number of nitrogens with two attached hydrogens (primary N) is 1. The van der Waals surface area contributed by atoms with Crippen molar-refractivity contribution in [2.24, 2.45) is 0 Å². The van der Waals surface area contributed by atoms with Crippen LogP contribution < -0.4 is 11.1 Å². The van der Waals surface area contributed by atoms with Crippen LogP contribution in [0.4, 0.5) is 21.6 Å². The van der Waals surface area contributed by atoms with Gasteiger partial charge in [-0.1, -0.05) is 6.07 Å². The van der Waals surface area contributed by atoms with Crippen LogP contribution in [-0.2, 0) is 0 Å². The molecule has 1 heterocycles. The number of pyridine rings is 1.